The smallest absolute Gasteiger partial charge is 0.123 e. The maximum Gasteiger partial charge on any atom is 0.123 e. The summed E-state index contributed by atoms with van der Waals surface area (Å²) in [6.45, 7) is 14.2. The summed E-state index contributed by atoms with van der Waals surface area (Å²) in [5, 5.41) is 10.4. The first-order valence-corrected chi connectivity index (χ1v) is 9.40. The molecule has 142 valence electrons. The van der Waals surface area contributed by atoms with Crippen LogP contribution in [0, 0.1) is 11.8 Å². The van der Waals surface area contributed by atoms with Gasteiger partial charge in [-0.25, -0.2) is 0 Å². The van der Waals surface area contributed by atoms with Crippen LogP contribution < -0.4 is 9.47 Å². The van der Waals surface area contributed by atoms with Crippen LogP contribution in [0.5, 0.6) is 11.5 Å². The molecule has 25 heavy (non-hydrogen) atoms. The molecule has 2 rings (SSSR count). The van der Waals surface area contributed by atoms with Crippen molar-refractivity contribution < 1.29 is 14.6 Å². The summed E-state index contributed by atoms with van der Waals surface area (Å²) in [6.07, 6.45) is 0.802. The van der Waals surface area contributed by atoms with E-state index in [9.17, 15) is 5.11 Å². The topological polar surface area (TPSA) is 41.9 Å². The molecule has 0 saturated carbocycles. The number of nitrogens with zero attached hydrogens (tertiary/aromatic N) is 1. The molecule has 1 heterocycles. The molecule has 0 bridgehead atoms. The van der Waals surface area contributed by atoms with Crippen molar-refractivity contribution in [2.75, 3.05) is 33.4 Å². The molecule has 1 aliphatic rings. The Morgan fingerprint density at radius 1 is 1.20 bits per heavy atom. The molecule has 0 spiro atoms. The third-order valence-electron chi connectivity index (χ3n) is 4.84. The quantitative estimate of drug-likeness (QED) is 0.850. The van der Waals surface area contributed by atoms with Crippen LogP contribution in [0.4, 0.5) is 0 Å². The number of aliphatic hydroxyl groups excluding tert-OH is 1. The van der Waals surface area contributed by atoms with Gasteiger partial charge in [0.05, 0.1) is 7.11 Å². The number of piperidine rings is 1. The zero-order valence-corrected chi connectivity index (χ0v) is 16.7. The monoisotopic (exact) mass is 349 g/mol. The van der Waals surface area contributed by atoms with Crippen molar-refractivity contribution in [2.24, 2.45) is 11.8 Å². The largest absolute Gasteiger partial charge is 0.497 e. The van der Waals surface area contributed by atoms with Crippen LogP contribution >= 0.6 is 0 Å². The second-order valence-electron chi connectivity index (χ2n) is 8.74. The van der Waals surface area contributed by atoms with Crippen LogP contribution in [0.15, 0.2) is 18.2 Å². The minimum atomic E-state index is -0.479. The molecule has 0 aliphatic carbocycles. The van der Waals surface area contributed by atoms with E-state index in [-0.39, 0.29) is 5.41 Å². The number of aliphatic hydroxyl groups is 1. The highest BCUT2D eigenvalue weighted by molar-refractivity contribution is 5.44. The van der Waals surface area contributed by atoms with Crippen molar-refractivity contribution in [1.29, 1.82) is 0 Å². The molecule has 4 heteroatoms. The molecular weight excluding hydrogens is 314 g/mol. The van der Waals surface area contributed by atoms with Crippen LogP contribution in [0.25, 0.3) is 0 Å². The Bertz CT molecular complexity index is 543. The summed E-state index contributed by atoms with van der Waals surface area (Å²) in [4.78, 5) is 2.37. The number of methoxy groups -OCH3 is 1. The van der Waals surface area contributed by atoms with Gasteiger partial charge in [-0.3, -0.25) is 0 Å². The normalized spacial score (nSPS) is 23.3. The molecule has 0 amide bonds. The van der Waals surface area contributed by atoms with Crippen molar-refractivity contribution in [3.63, 3.8) is 0 Å². The van der Waals surface area contributed by atoms with Gasteiger partial charge in [0, 0.05) is 25.2 Å². The van der Waals surface area contributed by atoms with Gasteiger partial charge in [-0.1, -0.05) is 34.6 Å². The van der Waals surface area contributed by atoms with E-state index >= 15 is 0 Å². The minimum absolute atomic E-state index is 0.0490. The Morgan fingerprint density at radius 2 is 1.84 bits per heavy atom. The molecule has 1 aromatic carbocycles. The average molecular weight is 350 g/mol. The molecule has 0 radical (unpaired) electrons. The maximum absolute atomic E-state index is 10.4. The van der Waals surface area contributed by atoms with Gasteiger partial charge >= 0.3 is 0 Å². The predicted molar refractivity (Wildman–Crippen MR) is 103 cm³/mol. The number of rotatable bonds is 6. The van der Waals surface area contributed by atoms with Crippen molar-refractivity contribution in [3.05, 3.63) is 23.8 Å². The molecule has 1 saturated heterocycles. The Hall–Kier alpha value is -1.26. The van der Waals surface area contributed by atoms with E-state index in [4.69, 9.17) is 9.47 Å². The first kappa shape index (κ1) is 20.1. The van der Waals surface area contributed by atoms with Gasteiger partial charge in [-0.15, -0.1) is 0 Å². The predicted octanol–water partition coefficient (Wildman–Crippen LogP) is 3.71. The van der Waals surface area contributed by atoms with E-state index in [0.29, 0.717) is 25.0 Å². The Morgan fingerprint density at radius 3 is 2.40 bits per heavy atom. The number of ether oxygens (including phenoxy) is 2. The summed E-state index contributed by atoms with van der Waals surface area (Å²) in [6, 6.07) is 5.87. The van der Waals surface area contributed by atoms with Crippen molar-refractivity contribution in [2.45, 2.75) is 52.6 Å². The second kappa shape index (κ2) is 8.41. The van der Waals surface area contributed by atoms with Gasteiger partial charge in [-0.05, 0) is 41.9 Å². The number of likely N-dealkylation sites (tertiary alicyclic amines) is 1. The van der Waals surface area contributed by atoms with Crippen LogP contribution in [-0.2, 0) is 5.41 Å². The second-order valence-corrected chi connectivity index (χ2v) is 8.74. The molecule has 1 N–H and O–H groups in total. The third kappa shape index (κ3) is 5.89. The molecule has 4 nitrogen and oxygen atoms in total. The first-order chi connectivity index (χ1) is 11.7. The average Bonchev–Trinajstić information content (AvgIpc) is 2.50. The van der Waals surface area contributed by atoms with Crippen LogP contribution in [0.3, 0.4) is 0 Å². The number of hydrogen-bond donors (Lipinski definition) is 1. The zero-order chi connectivity index (χ0) is 18.6. The number of β-amino-alcohol motifs (C(OH)–C–C–N with tert-alkyl or cyclic N) is 1. The molecular formula is C21H35NO3. The Balaban J connectivity index is 1.96. The standard InChI is InChI=1S/C21H35NO3/c1-15-9-16(2)12-22(11-15)13-17(23)14-25-20-8-7-18(24-6)10-19(20)21(3,4)5/h7-8,10,15-17,23H,9,11-14H2,1-6H3/t15-,16-,17+/m0/s1. The number of hydrogen-bond acceptors (Lipinski definition) is 4. The van der Waals surface area contributed by atoms with Crippen LogP contribution in [0.2, 0.25) is 0 Å². The van der Waals surface area contributed by atoms with E-state index in [0.717, 1.165) is 30.2 Å². The van der Waals surface area contributed by atoms with Gasteiger partial charge in [0.1, 0.15) is 24.2 Å². The lowest BCUT2D eigenvalue weighted by atomic mass is 9.86. The third-order valence-corrected chi connectivity index (χ3v) is 4.84. The van der Waals surface area contributed by atoms with Crippen molar-refractivity contribution >= 4 is 0 Å². The summed E-state index contributed by atoms with van der Waals surface area (Å²) in [5.74, 6) is 3.05. The van der Waals surface area contributed by atoms with Gasteiger partial charge in [0.15, 0.2) is 0 Å². The Kier molecular flexibility index (Phi) is 6.75. The summed E-state index contributed by atoms with van der Waals surface area (Å²) >= 11 is 0. The lowest BCUT2D eigenvalue weighted by Gasteiger charge is -2.36. The first-order valence-electron chi connectivity index (χ1n) is 9.40. The number of benzene rings is 1. The van der Waals surface area contributed by atoms with E-state index in [1.165, 1.54) is 6.42 Å². The molecule has 1 fully saturated rings. The fraction of sp³-hybridized carbons (Fsp3) is 0.714. The van der Waals surface area contributed by atoms with E-state index in [1.807, 2.05) is 18.2 Å². The lowest BCUT2D eigenvalue weighted by molar-refractivity contribution is 0.0424. The van der Waals surface area contributed by atoms with Crippen LogP contribution in [0.1, 0.15) is 46.6 Å². The molecule has 3 atom stereocenters. The van der Waals surface area contributed by atoms with Gasteiger partial charge in [-0.2, -0.15) is 0 Å². The molecule has 0 unspecified atom stereocenters. The SMILES string of the molecule is COc1ccc(OC[C@H](O)CN2C[C@@H](C)C[C@H](C)C2)c(C(C)(C)C)c1. The fourth-order valence-corrected chi connectivity index (χ4v) is 3.83. The Labute approximate surface area is 153 Å². The highest BCUT2D eigenvalue weighted by Gasteiger charge is 2.24. The lowest BCUT2D eigenvalue weighted by Crippen LogP contribution is -2.44. The van der Waals surface area contributed by atoms with E-state index in [2.05, 4.69) is 39.5 Å². The molecule has 1 aromatic rings. The minimum Gasteiger partial charge on any atom is -0.497 e. The zero-order valence-electron chi connectivity index (χ0n) is 16.7. The summed E-state index contributed by atoms with van der Waals surface area (Å²) < 4.78 is 11.3. The maximum atomic E-state index is 10.4. The molecule has 1 aliphatic heterocycles. The fourth-order valence-electron chi connectivity index (χ4n) is 3.83. The van der Waals surface area contributed by atoms with Crippen molar-refractivity contribution in [1.82, 2.24) is 4.90 Å². The highest BCUT2D eigenvalue weighted by Crippen LogP contribution is 2.34. The molecule has 0 aromatic heterocycles. The van der Waals surface area contributed by atoms with E-state index < -0.39 is 6.10 Å². The van der Waals surface area contributed by atoms with Gasteiger partial charge in [0.25, 0.3) is 0 Å². The van der Waals surface area contributed by atoms with Gasteiger partial charge < -0.3 is 19.5 Å². The van der Waals surface area contributed by atoms with Crippen molar-refractivity contribution in [3.8, 4) is 11.5 Å². The summed E-state index contributed by atoms with van der Waals surface area (Å²) in [5.41, 5.74) is 1.05. The van der Waals surface area contributed by atoms with Gasteiger partial charge in [0.2, 0.25) is 0 Å². The summed E-state index contributed by atoms with van der Waals surface area (Å²) in [7, 11) is 1.67. The highest BCUT2D eigenvalue weighted by atomic mass is 16.5. The van der Waals surface area contributed by atoms with E-state index in [1.54, 1.807) is 7.11 Å². The van der Waals surface area contributed by atoms with Crippen LogP contribution in [-0.4, -0.2) is 49.5 Å².